The summed E-state index contributed by atoms with van der Waals surface area (Å²) in [5.41, 5.74) is 5.55. The van der Waals surface area contributed by atoms with Gasteiger partial charge in [-0.2, -0.15) is 0 Å². The Morgan fingerprint density at radius 2 is 2.13 bits per heavy atom. The first-order valence-corrected chi connectivity index (χ1v) is 4.36. The number of hydrogen-bond acceptors (Lipinski definition) is 3. The zero-order valence-electron chi connectivity index (χ0n) is 7.71. The van der Waals surface area contributed by atoms with Crippen molar-refractivity contribution in [3.05, 3.63) is 35.6 Å². The summed E-state index contributed by atoms with van der Waals surface area (Å²) in [6.45, 7) is -0.432. The van der Waals surface area contributed by atoms with Crippen LogP contribution in [0.3, 0.4) is 0 Å². The van der Waals surface area contributed by atoms with Gasteiger partial charge in [-0.25, -0.2) is 8.78 Å². The quantitative estimate of drug-likeness (QED) is 0.798. The molecular weight excluding hydrogens is 204 g/mol. The molecule has 0 amide bonds. The Labute approximate surface area is 84.1 Å². The molecule has 15 heavy (non-hydrogen) atoms. The third kappa shape index (κ3) is 1.49. The predicted molar refractivity (Wildman–Crippen MR) is 50.1 cm³/mol. The Hall–Kier alpha value is -1.46. The lowest BCUT2D eigenvalue weighted by molar-refractivity contribution is 0.265. The van der Waals surface area contributed by atoms with Crippen LogP contribution in [0.2, 0.25) is 0 Å². The van der Waals surface area contributed by atoms with Crippen LogP contribution in [0.4, 0.5) is 8.78 Å². The van der Waals surface area contributed by atoms with E-state index in [-0.39, 0.29) is 16.5 Å². The summed E-state index contributed by atoms with van der Waals surface area (Å²) in [4.78, 5) is 0. The van der Waals surface area contributed by atoms with Gasteiger partial charge in [0.25, 0.3) is 0 Å². The summed E-state index contributed by atoms with van der Waals surface area (Å²) >= 11 is 0. The number of benzene rings is 1. The van der Waals surface area contributed by atoms with Gasteiger partial charge in [-0.05, 0) is 6.07 Å². The highest BCUT2D eigenvalue weighted by Crippen LogP contribution is 2.29. The SMILES string of the molecule is NC(CO)c1c(F)cc(F)c2ccoc12. The minimum absolute atomic E-state index is 0.00102. The van der Waals surface area contributed by atoms with Gasteiger partial charge >= 0.3 is 0 Å². The molecule has 0 aliphatic carbocycles. The molecule has 80 valence electrons. The first-order chi connectivity index (χ1) is 7.15. The van der Waals surface area contributed by atoms with Crippen molar-refractivity contribution in [1.82, 2.24) is 0 Å². The van der Waals surface area contributed by atoms with Crippen molar-refractivity contribution in [3.63, 3.8) is 0 Å². The van der Waals surface area contributed by atoms with Crippen molar-refractivity contribution >= 4 is 11.0 Å². The van der Waals surface area contributed by atoms with Crippen molar-refractivity contribution in [2.45, 2.75) is 6.04 Å². The fraction of sp³-hybridized carbons (Fsp3) is 0.200. The summed E-state index contributed by atoms with van der Waals surface area (Å²) in [6, 6.07) is 1.21. The molecule has 2 aromatic rings. The smallest absolute Gasteiger partial charge is 0.144 e. The second-order valence-corrected chi connectivity index (χ2v) is 3.21. The topological polar surface area (TPSA) is 59.4 Å². The molecule has 3 nitrogen and oxygen atoms in total. The molecule has 1 aromatic heterocycles. The molecular formula is C10H9F2NO2. The number of fused-ring (bicyclic) bond motifs is 1. The average molecular weight is 213 g/mol. The Morgan fingerprint density at radius 1 is 1.40 bits per heavy atom. The first kappa shape index (κ1) is 10.1. The number of aliphatic hydroxyl groups excluding tert-OH is 1. The normalized spacial score (nSPS) is 13.3. The lowest BCUT2D eigenvalue weighted by Crippen LogP contribution is -2.16. The predicted octanol–water partition coefficient (Wildman–Crippen LogP) is 1.70. The monoisotopic (exact) mass is 213 g/mol. The molecule has 0 saturated heterocycles. The average Bonchev–Trinajstić information content (AvgIpc) is 2.66. The van der Waals surface area contributed by atoms with Gasteiger partial charge in [-0.15, -0.1) is 0 Å². The van der Waals surface area contributed by atoms with Gasteiger partial charge < -0.3 is 15.3 Å². The van der Waals surface area contributed by atoms with Crippen LogP contribution in [0.25, 0.3) is 11.0 Å². The van der Waals surface area contributed by atoms with E-state index in [9.17, 15) is 8.78 Å². The van der Waals surface area contributed by atoms with E-state index in [1.807, 2.05) is 0 Å². The van der Waals surface area contributed by atoms with E-state index in [1.54, 1.807) is 0 Å². The lowest BCUT2D eigenvalue weighted by Gasteiger charge is -2.10. The van der Waals surface area contributed by atoms with E-state index in [2.05, 4.69) is 0 Å². The second-order valence-electron chi connectivity index (χ2n) is 3.21. The standard InChI is InChI=1S/C10H9F2NO2/c11-6-3-7(12)9(8(13)4-14)10-5(6)1-2-15-10/h1-3,8,14H,4,13H2. The van der Waals surface area contributed by atoms with Crippen LogP contribution in [0.5, 0.6) is 0 Å². The van der Waals surface area contributed by atoms with Crippen LogP contribution >= 0.6 is 0 Å². The van der Waals surface area contributed by atoms with Crippen molar-refractivity contribution in [2.24, 2.45) is 5.73 Å². The molecule has 1 heterocycles. The highest BCUT2D eigenvalue weighted by Gasteiger charge is 2.19. The van der Waals surface area contributed by atoms with Crippen LogP contribution in [0.15, 0.2) is 22.8 Å². The van der Waals surface area contributed by atoms with E-state index >= 15 is 0 Å². The number of aliphatic hydroxyl groups is 1. The second kappa shape index (κ2) is 3.60. The molecule has 3 N–H and O–H groups in total. The van der Waals surface area contributed by atoms with Gasteiger partial charge in [0.2, 0.25) is 0 Å². The maximum atomic E-state index is 13.4. The van der Waals surface area contributed by atoms with Crippen molar-refractivity contribution in [2.75, 3.05) is 6.61 Å². The molecule has 5 heteroatoms. The molecule has 1 atom stereocenters. The summed E-state index contributed by atoms with van der Waals surface area (Å²) in [6.07, 6.45) is 1.25. The lowest BCUT2D eigenvalue weighted by atomic mass is 10.0. The zero-order valence-corrected chi connectivity index (χ0v) is 7.71. The minimum atomic E-state index is -0.917. The van der Waals surface area contributed by atoms with Crippen LogP contribution in [0, 0.1) is 11.6 Å². The summed E-state index contributed by atoms with van der Waals surface area (Å²) in [5, 5.41) is 9.01. The summed E-state index contributed by atoms with van der Waals surface area (Å²) < 4.78 is 31.6. The van der Waals surface area contributed by atoms with Gasteiger partial charge in [-0.3, -0.25) is 0 Å². The number of hydrogen-bond donors (Lipinski definition) is 2. The fourth-order valence-electron chi connectivity index (χ4n) is 1.52. The third-order valence-electron chi connectivity index (χ3n) is 2.25. The Bertz CT molecular complexity index is 495. The van der Waals surface area contributed by atoms with E-state index < -0.39 is 24.3 Å². The van der Waals surface area contributed by atoms with Crippen LogP contribution in [0.1, 0.15) is 11.6 Å². The third-order valence-corrected chi connectivity index (χ3v) is 2.25. The molecule has 1 unspecified atom stereocenters. The van der Waals surface area contributed by atoms with E-state index in [4.69, 9.17) is 15.3 Å². The Balaban J connectivity index is 2.76. The largest absolute Gasteiger partial charge is 0.464 e. The minimum Gasteiger partial charge on any atom is -0.464 e. The van der Waals surface area contributed by atoms with Crippen LogP contribution in [-0.2, 0) is 0 Å². The van der Waals surface area contributed by atoms with Crippen molar-refractivity contribution in [3.8, 4) is 0 Å². The summed E-state index contributed by atoms with van der Waals surface area (Å²) in [5.74, 6) is -1.51. The van der Waals surface area contributed by atoms with Gasteiger partial charge in [-0.1, -0.05) is 0 Å². The summed E-state index contributed by atoms with van der Waals surface area (Å²) in [7, 11) is 0. The number of furan rings is 1. The molecule has 0 aliphatic heterocycles. The van der Waals surface area contributed by atoms with E-state index in [0.717, 1.165) is 6.07 Å². The number of halogens is 2. The van der Waals surface area contributed by atoms with E-state index in [1.165, 1.54) is 12.3 Å². The van der Waals surface area contributed by atoms with Gasteiger partial charge in [0.15, 0.2) is 0 Å². The molecule has 0 saturated carbocycles. The van der Waals surface area contributed by atoms with Gasteiger partial charge in [0.1, 0.15) is 17.2 Å². The number of rotatable bonds is 2. The van der Waals surface area contributed by atoms with Gasteiger partial charge in [0.05, 0.1) is 29.9 Å². The van der Waals surface area contributed by atoms with E-state index in [0.29, 0.717) is 0 Å². The molecule has 0 spiro atoms. The fourth-order valence-corrected chi connectivity index (χ4v) is 1.52. The van der Waals surface area contributed by atoms with Crippen molar-refractivity contribution < 1.29 is 18.3 Å². The highest BCUT2D eigenvalue weighted by molar-refractivity contribution is 5.81. The number of nitrogens with two attached hydrogens (primary N) is 1. The first-order valence-electron chi connectivity index (χ1n) is 4.36. The maximum absolute atomic E-state index is 13.4. The maximum Gasteiger partial charge on any atom is 0.144 e. The molecule has 0 aliphatic rings. The van der Waals surface area contributed by atoms with Crippen LogP contribution in [-0.4, -0.2) is 11.7 Å². The molecule has 0 radical (unpaired) electrons. The Kier molecular flexibility index (Phi) is 2.42. The molecule has 2 rings (SSSR count). The highest BCUT2D eigenvalue weighted by atomic mass is 19.1. The zero-order chi connectivity index (χ0) is 11.0. The Morgan fingerprint density at radius 3 is 2.80 bits per heavy atom. The van der Waals surface area contributed by atoms with Crippen LogP contribution < -0.4 is 5.73 Å². The van der Waals surface area contributed by atoms with Crippen molar-refractivity contribution in [1.29, 1.82) is 0 Å². The van der Waals surface area contributed by atoms with Gasteiger partial charge in [0, 0.05) is 6.07 Å². The molecule has 1 aromatic carbocycles. The molecule has 0 bridgehead atoms. The molecule has 0 fully saturated rings.